The molecule has 156 valence electrons. The summed E-state index contributed by atoms with van der Waals surface area (Å²) in [5.74, 6) is 1.15. The summed E-state index contributed by atoms with van der Waals surface area (Å²) in [4.78, 5) is 13.6. The number of benzene rings is 3. The molecule has 1 aliphatic heterocycles. The van der Waals surface area contributed by atoms with Crippen LogP contribution in [0.2, 0.25) is 0 Å². The summed E-state index contributed by atoms with van der Waals surface area (Å²) in [6.07, 6.45) is 1.32. The highest BCUT2D eigenvalue weighted by Gasteiger charge is 2.36. The van der Waals surface area contributed by atoms with E-state index >= 15 is 0 Å². The van der Waals surface area contributed by atoms with E-state index in [9.17, 15) is 4.79 Å². The van der Waals surface area contributed by atoms with Gasteiger partial charge < -0.3 is 15.4 Å². The lowest BCUT2D eigenvalue weighted by Crippen LogP contribution is -2.26. The number of aryl methyl sites for hydroxylation is 1. The van der Waals surface area contributed by atoms with Gasteiger partial charge in [0.05, 0.1) is 24.5 Å². The number of para-hydroxylation sites is 2. The monoisotopic (exact) mass is 410 g/mol. The van der Waals surface area contributed by atoms with E-state index in [1.807, 2.05) is 30.3 Å². The fraction of sp³-hybridized carbons (Fsp3) is 0.222. The average molecular weight is 411 g/mol. The maximum Gasteiger partial charge on any atom is 0.163 e. The first kappa shape index (κ1) is 19.4. The number of Topliss-reactive ketones (excluding diaryl/α,β-unsaturated/α-hetero) is 1. The Labute approximate surface area is 183 Å². The van der Waals surface area contributed by atoms with Crippen molar-refractivity contribution >= 4 is 17.2 Å². The predicted molar refractivity (Wildman–Crippen MR) is 125 cm³/mol. The molecular formula is C27H26N2O2. The van der Waals surface area contributed by atoms with Crippen molar-refractivity contribution in [1.82, 2.24) is 0 Å². The van der Waals surface area contributed by atoms with Crippen LogP contribution in [0.4, 0.5) is 11.4 Å². The van der Waals surface area contributed by atoms with E-state index in [0.29, 0.717) is 6.42 Å². The molecule has 3 aromatic carbocycles. The van der Waals surface area contributed by atoms with Crippen LogP contribution in [0.25, 0.3) is 0 Å². The molecule has 31 heavy (non-hydrogen) atoms. The zero-order valence-electron chi connectivity index (χ0n) is 17.8. The van der Waals surface area contributed by atoms with Gasteiger partial charge in [-0.25, -0.2) is 0 Å². The number of allylic oxidation sites excluding steroid dienone is 1. The molecule has 0 fully saturated rings. The minimum atomic E-state index is -0.229. The highest BCUT2D eigenvalue weighted by atomic mass is 16.5. The second-order valence-electron chi connectivity index (χ2n) is 8.36. The van der Waals surface area contributed by atoms with E-state index in [1.165, 1.54) is 11.1 Å². The first-order chi connectivity index (χ1) is 15.1. The Morgan fingerprint density at radius 3 is 2.42 bits per heavy atom. The van der Waals surface area contributed by atoms with Crippen molar-refractivity contribution in [2.75, 3.05) is 17.7 Å². The number of ether oxygens (including phenoxy) is 1. The summed E-state index contributed by atoms with van der Waals surface area (Å²) in [6, 6.07) is 24.4. The Bertz CT molecular complexity index is 1160. The first-order valence-electron chi connectivity index (χ1n) is 10.7. The first-order valence-corrected chi connectivity index (χ1v) is 10.7. The molecule has 1 aliphatic carbocycles. The van der Waals surface area contributed by atoms with Crippen LogP contribution in [0.5, 0.6) is 5.75 Å². The van der Waals surface area contributed by atoms with Gasteiger partial charge >= 0.3 is 0 Å². The molecule has 0 spiro atoms. The third kappa shape index (κ3) is 3.70. The smallest absolute Gasteiger partial charge is 0.163 e. The van der Waals surface area contributed by atoms with Crippen LogP contribution in [-0.4, -0.2) is 12.9 Å². The maximum absolute atomic E-state index is 13.6. The van der Waals surface area contributed by atoms with Crippen LogP contribution in [0.1, 0.15) is 41.5 Å². The molecule has 0 saturated heterocycles. The molecule has 1 heterocycles. The maximum atomic E-state index is 13.6. The largest absolute Gasteiger partial charge is 0.497 e. The molecule has 5 rings (SSSR count). The van der Waals surface area contributed by atoms with Crippen molar-refractivity contribution in [3.05, 3.63) is 101 Å². The van der Waals surface area contributed by atoms with Crippen molar-refractivity contribution in [2.45, 2.75) is 31.7 Å². The lowest BCUT2D eigenvalue weighted by Gasteiger charge is -2.30. The SMILES string of the molecule is COc1cccc([C@H]2Nc3ccccc3NC3=C2C(=O)C[C@@H](c2ccc(C)cc2)C3)c1. The average Bonchev–Trinajstić information content (AvgIpc) is 2.96. The number of fused-ring (bicyclic) bond motifs is 1. The summed E-state index contributed by atoms with van der Waals surface area (Å²) in [6.45, 7) is 2.09. The number of anilines is 2. The van der Waals surface area contributed by atoms with Crippen LogP contribution < -0.4 is 15.4 Å². The van der Waals surface area contributed by atoms with Gasteiger partial charge in [-0.2, -0.15) is 0 Å². The minimum absolute atomic E-state index is 0.176. The van der Waals surface area contributed by atoms with Crippen molar-refractivity contribution in [2.24, 2.45) is 0 Å². The predicted octanol–water partition coefficient (Wildman–Crippen LogP) is 5.98. The van der Waals surface area contributed by atoms with Gasteiger partial charge in [0.25, 0.3) is 0 Å². The standard InChI is InChI=1S/C27H26N2O2/c1-17-10-12-18(13-11-17)20-15-24-26(25(30)16-20)27(19-6-5-7-21(14-19)31-2)29-23-9-4-3-8-22(23)28-24/h3-14,20,27-29H,15-16H2,1-2H3/t20-,27+/m0/s1. The molecular weight excluding hydrogens is 384 g/mol. The van der Waals surface area contributed by atoms with E-state index in [1.54, 1.807) is 7.11 Å². The quantitative estimate of drug-likeness (QED) is 0.557. The summed E-state index contributed by atoms with van der Waals surface area (Å²) in [5, 5.41) is 7.22. The van der Waals surface area contributed by atoms with E-state index in [-0.39, 0.29) is 17.7 Å². The highest BCUT2D eigenvalue weighted by molar-refractivity contribution is 6.01. The van der Waals surface area contributed by atoms with E-state index in [0.717, 1.165) is 40.4 Å². The Morgan fingerprint density at radius 2 is 1.65 bits per heavy atom. The number of carbonyl (C=O) groups excluding carboxylic acids is 1. The van der Waals surface area contributed by atoms with Crippen LogP contribution in [0, 0.1) is 6.92 Å². The highest BCUT2D eigenvalue weighted by Crippen LogP contribution is 2.44. The summed E-state index contributed by atoms with van der Waals surface area (Å²) < 4.78 is 5.45. The van der Waals surface area contributed by atoms with Crippen molar-refractivity contribution in [1.29, 1.82) is 0 Å². The Hall–Kier alpha value is -3.53. The van der Waals surface area contributed by atoms with E-state index < -0.39 is 0 Å². The van der Waals surface area contributed by atoms with E-state index in [2.05, 4.69) is 60.0 Å². The topological polar surface area (TPSA) is 50.4 Å². The lowest BCUT2D eigenvalue weighted by molar-refractivity contribution is -0.116. The minimum Gasteiger partial charge on any atom is -0.497 e. The zero-order valence-corrected chi connectivity index (χ0v) is 17.8. The van der Waals surface area contributed by atoms with Crippen molar-refractivity contribution in [3.63, 3.8) is 0 Å². The van der Waals surface area contributed by atoms with Gasteiger partial charge in [-0.3, -0.25) is 4.79 Å². The van der Waals surface area contributed by atoms with Gasteiger partial charge in [0.2, 0.25) is 0 Å². The van der Waals surface area contributed by atoms with Crippen LogP contribution in [0.3, 0.4) is 0 Å². The number of nitrogens with one attached hydrogen (secondary N) is 2. The number of methoxy groups -OCH3 is 1. The second-order valence-corrected chi connectivity index (χ2v) is 8.36. The fourth-order valence-corrected chi connectivity index (χ4v) is 4.64. The van der Waals surface area contributed by atoms with Gasteiger partial charge in [0, 0.05) is 17.7 Å². The fourth-order valence-electron chi connectivity index (χ4n) is 4.64. The van der Waals surface area contributed by atoms with Gasteiger partial charge in [0.15, 0.2) is 5.78 Å². The van der Waals surface area contributed by atoms with Crippen LogP contribution >= 0.6 is 0 Å². The summed E-state index contributed by atoms with van der Waals surface area (Å²) in [7, 11) is 1.67. The zero-order chi connectivity index (χ0) is 21.4. The molecule has 3 aromatic rings. The Kier molecular flexibility index (Phi) is 4.99. The van der Waals surface area contributed by atoms with Gasteiger partial charge in [-0.1, -0.05) is 54.1 Å². The normalized spacial score (nSPS) is 20.1. The molecule has 2 atom stereocenters. The number of hydrogen-bond donors (Lipinski definition) is 2. The molecule has 4 nitrogen and oxygen atoms in total. The number of ketones is 1. The van der Waals surface area contributed by atoms with Gasteiger partial charge in [-0.05, 0) is 54.7 Å². The Balaban J connectivity index is 1.60. The summed E-state index contributed by atoms with van der Waals surface area (Å²) >= 11 is 0. The van der Waals surface area contributed by atoms with Gasteiger partial charge in [-0.15, -0.1) is 0 Å². The summed E-state index contributed by atoms with van der Waals surface area (Å²) in [5.41, 5.74) is 7.29. The molecule has 0 radical (unpaired) electrons. The Morgan fingerprint density at radius 1 is 0.871 bits per heavy atom. The van der Waals surface area contributed by atoms with Crippen molar-refractivity contribution < 1.29 is 9.53 Å². The third-order valence-electron chi connectivity index (χ3n) is 6.28. The third-order valence-corrected chi connectivity index (χ3v) is 6.28. The van der Waals surface area contributed by atoms with Gasteiger partial charge in [0.1, 0.15) is 5.75 Å². The number of carbonyl (C=O) groups is 1. The molecule has 0 aromatic heterocycles. The molecule has 2 N–H and O–H groups in total. The number of hydrogen-bond acceptors (Lipinski definition) is 4. The van der Waals surface area contributed by atoms with Crippen LogP contribution in [-0.2, 0) is 4.79 Å². The molecule has 4 heteroatoms. The molecule has 0 unspecified atom stereocenters. The lowest BCUT2D eigenvalue weighted by atomic mass is 9.78. The van der Waals surface area contributed by atoms with Crippen molar-refractivity contribution in [3.8, 4) is 5.75 Å². The second kappa shape index (κ2) is 7.95. The molecule has 0 bridgehead atoms. The van der Waals surface area contributed by atoms with Crippen LogP contribution in [0.15, 0.2) is 84.1 Å². The van der Waals surface area contributed by atoms with E-state index in [4.69, 9.17) is 4.74 Å². The number of rotatable bonds is 3. The molecule has 0 saturated carbocycles. The molecule has 0 amide bonds. The molecule has 2 aliphatic rings.